The van der Waals surface area contributed by atoms with Gasteiger partial charge in [-0.1, -0.05) is 51.9 Å². The van der Waals surface area contributed by atoms with Crippen molar-refractivity contribution in [2.75, 3.05) is 26.2 Å². The second-order valence-corrected chi connectivity index (χ2v) is 9.00. The van der Waals surface area contributed by atoms with Gasteiger partial charge in [-0.15, -0.1) is 0 Å². The highest BCUT2D eigenvalue weighted by Gasteiger charge is 2.66. The number of rotatable bonds is 15. The van der Waals surface area contributed by atoms with Gasteiger partial charge in [0.25, 0.3) is 0 Å². The van der Waals surface area contributed by atoms with E-state index in [9.17, 15) is 34.9 Å². The molecule has 30 heavy (non-hydrogen) atoms. The maximum Gasteiger partial charge on any atom is 0.399 e. The van der Waals surface area contributed by atoms with Gasteiger partial charge in [0.1, 0.15) is 0 Å². The van der Waals surface area contributed by atoms with E-state index >= 15 is 0 Å². The van der Waals surface area contributed by atoms with E-state index in [4.69, 9.17) is 0 Å². The Balaban J connectivity index is 0. The number of hydrogen-bond acceptors (Lipinski definition) is 3. The molecule has 4 nitrogen and oxygen atoms in total. The van der Waals surface area contributed by atoms with Crippen LogP contribution in [-0.2, 0) is 10.1 Å². The molecule has 0 aromatic heterocycles. The van der Waals surface area contributed by atoms with Crippen molar-refractivity contribution < 1.29 is 39.4 Å². The Morgan fingerprint density at radius 2 is 1.13 bits per heavy atom. The predicted molar refractivity (Wildman–Crippen MR) is 110 cm³/mol. The summed E-state index contributed by atoms with van der Waals surface area (Å²) in [5.74, 6) is -5.52. The number of nitrogens with zero attached hydrogens (tertiary/aromatic N) is 1. The van der Waals surface area contributed by atoms with Crippen LogP contribution in [0, 0.1) is 0 Å². The molecule has 0 amide bonds. The molecular formula is C20H40F5NO3S. The van der Waals surface area contributed by atoms with Gasteiger partial charge in [-0.05, 0) is 34.1 Å². The number of quaternary nitrogens is 1. The molecule has 0 fully saturated rings. The Morgan fingerprint density at radius 3 is 1.43 bits per heavy atom. The van der Waals surface area contributed by atoms with E-state index in [2.05, 4.69) is 27.7 Å². The van der Waals surface area contributed by atoms with Crippen LogP contribution in [-0.4, -0.2) is 61.0 Å². The van der Waals surface area contributed by atoms with Crippen molar-refractivity contribution >= 4 is 10.1 Å². The van der Waals surface area contributed by atoms with E-state index in [1.807, 2.05) is 6.92 Å². The first-order valence-corrected chi connectivity index (χ1v) is 12.3. The summed E-state index contributed by atoms with van der Waals surface area (Å²) in [6.45, 7) is 16.2. The minimum Gasteiger partial charge on any atom is -0.743 e. The minimum atomic E-state index is -6.62. The molecule has 0 saturated carbocycles. The summed E-state index contributed by atoms with van der Waals surface area (Å²) in [5.41, 5.74) is 0. The molecule has 10 heteroatoms. The smallest absolute Gasteiger partial charge is 0.399 e. The minimum absolute atomic E-state index is 0.0716. The van der Waals surface area contributed by atoms with Gasteiger partial charge in [-0.25, -0.2) is 12.8 Å². The Labute approximate surface area is 179 Å². The van der Waals surface area contributed by atoms with Gasteiger partial charge in [0.15, 0.2) is 16.3 Å². The van der Waals surface area contributed by atoms with Crippen LogP contribution >= 0.6 is 0 Å². The number of alkyl halides is 5. The van der Waals surface area contributed by atoms with Gasteiger partial charge < -0.3 is 9.04 Å². The fourth-order valence-electron chi connectivity index (χ4n) is 3.15. The Bertz CT molecular complexity index is 523. The van der Waals surface area contributed by atoms with Crippen LogP contribution in [0.3, 0.4) is 0 Å². The molecular weight excluding hydrogens is 429 g/mol. The second kappa shape index (κ2) is 14.6. The maximum atomic E-state index is 13.2. The third-order valence-electron chi connectivity index (χ3n) is 5.84. The van der Waals surface area contributed by atoms with Crippen LogP contribution < -0.4 is 0 Å². The van der Waals surface area contributed by atoms with Gasteiger partial charge in [0.2, 0.25) is 0 Å². The van der Waals surface area contributed by atoms with Crippen molar-refractivity contribution in [1.82, 2.24) is 0 Å². The molecule has 1 unspecified atom stereocenters. The number of unbranched alkanes of at least 4 members (excludes halogenated alkanes) is 6. The largest absolute Gasteiger partial charge is 0.743 e. The highest BCUT2D eigenvalue weighted by Crippen LogP contribution is 2.43. The molecule has 0 N–H and O–H groups in total. The van der Waals surface area contributed by atoms with Crippen molar-refractivity contribution in [3.63, 3.8) is 0 Å². The van der Waals surface area contributed by atoms with E-state index in [-0.39, 0.29) is 6.42 Å². The monoisotopic (exact) mass is 469 g/mol. The quantitative estimate of drug-likeness (QED) is 0.126. The second-order valence-electron chi connectivity index (χ2n) is 7.58. The molecule has 184 valence electrons. The number of hydrogen-bond donors (Lipinski definition) is 0. The average Bonchev–Trinajstić information content (AvgIpc) is 2.68. The molecule has 1 atom stereocenters. The standard InChI is InChI=1S/C12H21F5O3S.C8H20N/c1-2-3-4-5-6-7-8-9-10(13)11(14,15)12(16,17)21(18,19)20;1-5-9(6-2,7-3)8-4/h10H,2-9H2,1H3,(H,18,19,20);5-8H2,1-4H3/q;+1/p-1. The van der Waals surface area contributed by atoms with Crippen LogP contribution in [0.2, 0.25) is 0 Å². The molecule has 0 radical (unpaired) electrons. The summed E-state index contributed by atoms with van der Waals surface area (Å²) in [4.78, 5) is 0. The van der Waals surface area contributed by atoms with Crippen molar-refractivity contribution in [1.29, 1.82) is 0 Å². The lowest BCUT2D eigenvalue weighted by Crippen LogP contribution is -2.52. The highest BCUT2D eigenvalue weighted by atomic mass is 32.2. The molecule has 0 aliphatic carbocycles. The summed E-state index contributed by atoms with van der Waals surface area (Å²) in [6, 6.07) is 0. The highest BCUT2D eigenvalue weighted by molar-refractivity contribution is 7.86. The van der Waals surface area contributed by atoms with E-state index < -0.39 is 33.9 Å². The SMILES string of the molecule is CCCCCCCCCC(F)C(F)(F)C(F)(F)S(=O)(=O)[O-].CC[N+](CC)(CC)CC. The van der Waals surface area contributed by atoms with Gasteiger partial charge in [-0.3, -0.25) is 0 Å². The lowest BCUT2D eigenvalue weighted by molar-refractivity contribution is -0.921. The Kier molecular flexibility index (Phi) is 15.4. The fraction of sp³-hybridized carbons (Fsp3) is 1.00. The van der Waals surface area contributed by atoms with Crippen molar-refractivity contribution in [2.45, 2.75) is 103 Å². The zero-order valence-corrected chi connectivity index (χ0v) is 19.8. The first-order valence-electron chi connectivity index (χ1n) is 10.9. The summed E-state index contributed by atoms with van der Waals surface area (Å²) < 4.78 is 96.6. The van der Waals surface area contributed by atoms with E-state index in [0.29, 0.717) is 12.8 Å². The lowest BCUT2D eigenvalue weighted by Gasteiger charge is -2.34. The van der Waals surface area contributed by atoms with E-state index in [0.717, 1.165) is 25.7 Å². The topological polar surface area (TPSA) is 57.2 Å². The summed E-state index contributed by atoms with van der Waals surface area (Å²) in [6.07, 6.45) is 0.542. The number of halogens is 5. The van der Waals surface area contributed by atoms with E-state index in [1.165, 1.54) is 30.7 Å². The maximum absolute atomic E-state index is 13.2. The Morgan fingerprint density at radius 1 is 0.767 bits per heavy atom. The zero-order chi connectivity index (χ0) is 24.1. The third kappa shape index (κ3) is 9.77. The molecule has 0 aliphatic heterocycles. The molecule has 0 heterocycles. The van der Waals surface area contributed by atoms with Crippen molar-refractivity contribution in [3.8, 4) is 0 Å². The summed E-state index contributed by atoms with van der Waals surface area (Å²) in [7, 11) is -6.62. The molecule has 0 rings (SSSR count). The van der Waals surface area contributed by atoms with Gasteiger partial charge in [-0.2, -0.15) is 17.6 Å². The van der Waals surface area contributed by atoms with Crippen LogP contribution in [0.4, 0.5) is 22.0 Å². The van der Waals surface area contributed by atoms with Crippen LogP contribution in [0.5, 0.6) is 0 Å². The average molecular weight is 470 g/mol. The molecule has 0 spiro atoms. The van der Waals surface area contributed by atoms with Crippen LogP contribution in [0.25, 0.3) is 0 Å². The van der Waals surface area contributed by atoms with Gasteiger partial charge in [0.05, 0.1) is 26.2 Å². The predicted octanol–water partition coefficient (Wildman–Crippen LogP) is 6.12. The lowest BCUT2D eigenvalue weighted by atomic mass is 10.0. The van der Waals surface area contributed by atoms with Gasteiger partial charge in [0, 0.05) is 0 Å². The molecule has 0 aliphatic rings. The van der Waals surface area contributed by atoms with E-state index in [1.54, 1.807) is 0 Å². The first-order chi connectivity index (χ1) is 13.7. The van der Waals surface area contributed by atoms with Crippen molar-refractivity contribution in [3.05, 3.63) is 0 Å². The van der Waals surface area contributed by atoms with Crippen molar-refractivity contribution in [2.24, 2.45) is 0 Å². The zero-order valence-electron chi connectivity index (χ0n) is 19.0. The molecule has 0 saturated heterocycles. The summed E-state index contributed by atoms with van der Waals surface area (Å²) in [5, 5.41) is -5.94. The molecule has 0 bridgehead atoms. The van der Waals surface area contributed by atoms with Gasteiger partial charge >= 0.3 is 11.2 Å². The molecule has 0 aromatic carbocycles. The Hall–Kier alpha value is -0.480. The normalized spacial score (nSPS) is 14.2. The molecule has 0 aromatic rings. The fourth-order valence-corrected chi connectivity index (χ4v) is 3.61. The van der Waals surface area contributed by atoms with Crippen LogP contribution in [0.1, 0.15) is 86.0 Å². The van der Waals surface area contributed by atoms with Crippen LogP contribution in [0.15, 0.2) is 0 Å². The summed E-state index contributed by atoms with van der Waals surface area (Å²) >= 11 is 0. The first kappa shape index (κ1) is 31.7. The third-order valence-corrected chi connectivity index (χ3v) is 6.74.